The largest absolute Gasteiger partial charge is 0.351 e. The molecule has 0 radical (unpaired) electrons. The molecule has 0 aromatic heterocycles. The van der Waals surface area contributed by atoms with E-state index in [0.29, 0.717) is 24.2 Å². The second-order valence-electron chi connectivity index (χ2n) is 6.99. The van der Waals surface area contributed by atoms with Gasteiger partial charge in [0.2, 0.25) is 10.0 Å². The third-order valence-electron chi connectivity index (χ3n) is 3.78. The number of carbonyl (C=O) groups is 1. The first-order valence-electron chi connectivity index (χ1n) is 8.71. The maximum atomic E-state index is 12.3. The maximum Gasteiger partial charge on any atom is 0.251 e. The van der Waals surface area contributed by atoms with Crippen LogP contribution in [0.5, 0.6) is 0 Å². The molecule has 142 valence electrons. The highest BCUT2D eigenvalue weighted by Gasteiger charge is 2.18. The summed E-state index contributed by atoms with van der Waals surface area (Å²) in [6.45, 7) is 13.3. The van der Waals surface area contributed by atoms with Crippen LogP contribution in [0.3, 0.4) is 0 Å². The predicted molar refractivity (Wildman–Crippen MR) is 101 cm³/mol. The highest BCUT2D eigenvalue weighted by atomic mass is 32.2. The molecule has 0 aliphatic carbocycles. The molecule has 1 aromatic carbocycles. The summed E-state index contributed by atoms with van der Waals surface area (Å²) in [4.78, 5) is 14.7. The molecule has 1 amide bonds. The van der Waals surface area contributed by atoms with Crippen molar-refractivity contribution in [1.29, 1.82) is 0 Å². The molecular weight excluding hydrogens is 338 g/mol. The van der Waals surface area contributed by atoms with Crippen LogP contribution in [-0.4, -0.2) is 50.4 Å². The molecule has 0 saturated carbocycles. The van der Waals surface area contributed by atoms with Gasteiger partial charge in [-0.2, -0.15) is 0 Å². The molecule has 1 rings (SSSR count). The zero-order valence-corrected chi connectivity index (χ0v) is 16.9. The van der Waals surface area contributed by atoms with Crippen LogP contribution >= 0.6 is 0 Å². The fourth-order valence-corrected chi connectivity index (χ4v) is 3.99. The molecule has 0 heterocycles. The summed E-state index contributed by atoms with van der Waals surface area (Å²) in [5.41, 5.74) is 0.340. The van der Waals surface area contributed by atoms with E-state index in [1.165, 1.54) is 12.1 Å². The van der Waals surface area contributed by atoms with Crippen molar-refractivity contribution in [2.75, 3.05) is 13.1 Å². The molecule has 0 unspecified atom stereocenters. The van der Waals surface area contributed by atoms with Crippen LogP contribution in [-0.2, 0) is 10.0 Å². The molecule has 0 bridgehead atoms. The van der Waals surface area contributed by atoms with Crippen molar-refractivity contribution in [3.63, 3.8) is 0 Å². The molecule has 0 aliphatic heterocycles. The third kappa shape index (κ3) is 6.76. The standard InChI is InChI=1S/C18H31N3O3S/c1-13(2)20-25(23,24)17-9-7-8-16(12-17)18(22)19-10-11-21(14(3)4)15(5)6/h7-9,12-15,20H,10-11H2,1-6H3,(H,19,22). The summed E-state index contributed by atoms with van der Waals surface area (Å²) < 4.78 is 27.0. The molecule has 2 N–H and O–H groups in total. The zero-order valence-electron chi connectivity index (χ0n) is 16.0. The van der Waals surface area contributed by atoms with Gasteiger partial charge >= 0.3 is 0 Å². The van der Waals surface area contributed by atoms with Gasteiger partial charge in [0.1, 0.15) is 0 Å². The molecule has 25 heavy (non-hydrogen) atoms. The Hall–Kier alpha value is -1.44. The van der Waals surface area contributed by atoms with Crippen molar-refractivity contribution in [3.05, 3.63) is 29.8 Å². The fraction of sp³-hybridized carbons (Fsp3) is 0.611. The first kappa shape index (κ1) is 21.6. The van der Waals surface area contributed by atoms with Gasteiger partial charge in [-0.3, -0.25) is 9.69 Å². The smallest absolute Gasteiger partial charge is 0.251 e. The third-order valence-corrected chi connectivity index (χ3v) is 5.44. The minimum Gasteiger partial charge on any atom is -0.351 e. The van der Waals surface area contributed by atoms with Gasteiger partial charge in [-0.15, -0.1) is 0 Å². The van der Waals surface area contributed by atoms with E-state index >= 15 is 0 Å². The number of rotatable bonds is 9. The number of benzene rings is 1. The number of amides is 1. The van der Waals surface area contributed by atoms with Crippen LogP contribution in [0.2, 0.25) is 0 Å². The minimum atomic E-state index is -3.61. The summed E-state index contributed by atoms with van der Waals surface area (Å²) in [7, 11) is -3.61. The summed E-state index contributed by atoms with van der Waals surface area (Å²) in [5.74, 6) is -0.269. The Morgan fingerprint density at radius 3 is 2.20 bits per heavy atom. The lowest BCUT2D eigenvalue weighted by Crippen LogP contribution is -2.42. The lowest BCUT2D eigenvalue weighted by Gasteiger charge is -2.30. The molecule has 1 aromatic rings. The van der Waals surface area contributed by atoms with Crippen LogP contribution < -0.4 is 10.0 Å². The molecule has 0 fully saturated rings. The van der Waals surface area contributed by atoms with E-state index in [0.717, 1.165) is 6.54 Å². The van der Waals surface area contributed by atoms with E-state index in [4.69, 9.17) is 0 Å². The topological polar surface area (TPSA) is 78.5 Å². The molecule has 0 spiro atoms. The quantitative estimate of drug-likeness (QED) is 0.700. The van der Waals surface area contributed by atoms with Gasteiger partial charge < -0.3 is 5.32 Å². The molecule has 7 heteroatoms. The van der Waals surface area contributed by atoms with Gasteiger partial charge in [-0.05, 0) is 59.7 Å². The summed E-state index contributed by atoms with van der Waals surface area (Å²) in [6.07, 6.45) is 0. The van der Waals surface area contributed by atoms with E-state index < -0.39 is 10.0 Å². The van der Waals surface area contributed by atoms with Crippen molar-refractivity contribution in [3.8, 4) is 0 Å². The van der Waals surface area contributed by atoms with E-state index in [1.54, 1.807) is 26.0 Å². The van der Waals surface area contributed by atoms with E-state index in [9.17, 15) is 13.2 Å². The van der Waals surface area contributed by atoms with Crippen LogP contribution in [0.1, 0.15) is 51.9 Å². The van der Waals surface area contributed by atoms with E-state index in [2.05, 4.69) is 42.6 Å². The monoisotopic (exact) mass is 369 g/mol. The molecule has 6 nitrogen and oxygen atoms in total. The van der Waals surface area contributed by atoms with Crippen molar-refractivity contribution >= 4 is 15.9 Å². The van der Waals surface area contributed by atoms with Crippen molar-refractivity contribution in [2.24, 2.45) is 0 Å². The van der Waals surface area contributed by atoms with Gasteiger partial charge in [0, 0.05) is 36.8 Å². The average Bonchev–Trinajstić information content (AvgIpc) is 2.49. The van der Waals surface area contributed by atoms with Crippen molar-refractivity contribution in [2.45, 2.75) is 64.6 Å². The second kappa shape index (κ2) is 9.31. The second-order valence-corrected chi connectivity index (χ2v) is 8.70. The van der Waals surface area contributed by atoms with Crippen LogP contribution in [0, 0.1) is 0 Å². The summed E-state index contributed by atoms with van der Waals surface area (Å²) >= 11 is 0. The number of hydrogen-bond donors (Lipinski definition) is 2. The highest BCUT2D eigenvalue weighted by Crippen LogP contribution is 2.12. The Morgan fingerprint density at radius 2 is 1.68 bits per heavy atom. The first-order valence-corrected chi connectivity index (χ1v) is 10.2. The maximum absolute atomic E-state index is 12.3. The minimum absolute atomic E-state index is 0.0971. The van der Waals surface area contributed by atoms with Gasteiger partial charge in [0.15, 0.2) is 0 Å². The Kier molecular flexibility index (Phi) is 8.05. The Labute approximate surface area is 152 Å². The normalized spacial score (nSPS) is 12.4. The lowest BCUT2D eigenvalue weighted by atomic mass is 10.2. The number of nitrogens with zero attached hydrogens (tertiary/aromatic N) is 1. The summed E-state index contributed by atoms with van der Waals surface area (Å²) in [6, 6.07) is 6.68. The fourth-order valence-electron chi connectivity index (χ4n) is 2.70. The van der Waals surface area contributed by atoms with Crippen LogP contribution in [0.25, 0.3) is 0 Å². The van der Waals surface area contributed by atoms with Gasteiger partial charge in [0.05, 0.1) is 4.90 Å². The van der Waals surface area contributed by atoms with Crippen molar-refractivity contribution in [1.82, 2.24) is 14.9 Å². The first-order chi connectivity index (χ1) is 11.5. The van der Waals surface area contributed by atoms with Gasteiger partial charge in [-0.1, -0.05) is 6.07 Å². The number of nitrogens with one attached hydrogen (secondary N) is 2. The Morgan fingerprint density at radius 1 is 1.08 bits per heavy atom. The zero-order chi connectivity index (χ0) is 19.2. The SMILES string of the molecule is CC(C)NS(=O)(=O)c1cccc(C(=O)NCCN(C(C)C)C(C)C)c1. The average molecular weight is 370 g/mol. The molecular formula is C18H31N3O3S. The Balaban J connectivity index is 2.76. The number of hydrogen-bond acceptors (Lipinski definition) is 4. The lowest BCUT2D eigenvalue weighted by molar-refractivity contribution is 0.0939. The number of carbonyl (C=O) groups excluding carboxylic acids is 1. The van der Waals surface area contributed by atoms with Crippen LogP contribution in [0.15, 0.2) is 29.2 Å². The van der Waals surface area contributed by atoms with Gasteiger partial charge in [-0.25, -0.2) is 13.1 Å². The molecule has 0 saturated heterocycles. The van der Waals surface area contributed by atoms with E-state index in [-0.39, 0.29) is 16.8 Å². The highest BCUT2D eigenvalue weighted by molar-refractivity contribution is 7.89. The molecule has 0 aliphatic rings. The number of sulfonamides is 1. The van der Waals surface area contributed by atoms with Crippen LogP contribution in [0.4, 0.5) is 0 Å². The predicted octanol–water partition coefficient (Wildman–Crippen LogP) is 2.22. The molecule has 0 atom stereocenters. The van der Waals surface area contributed by atoms with Gasteiger partial charge in [0.25, 0.3) is 5.91 Å². The van der Waals surface area contributed by atoms with E-state index in [1.807, 2.05) is 0 Å². The summed E-state index contributed by atoms with van der Waals surface area (Å²) in [5, 5.41) is 2.86. The Bertz CT molecular complexity index is 662. The van der Waals surface area contributed by atoms with Crippen molar-refractivity contribution < 1.29 is 13.2 Å².